The number of methoxy groups -OCH3 is 1. The molecule has 20 heavy (non-hydrogen) atoms. The normalized spacial score (nSPS) is 12.2. The number of rotatable bonds is 6. The fourth-order valence-electron chi connectivity index (χ4n) is 1.90. The number of hydrogen-bond acceptors (Lipinski definition) is 5. The number of nitrogens with one attached hydrogen (secondary N) is 1. The topological polar surface area (TPSA) is 59.9 Å². The van der Waals surface area contributed by atoms with E-state index in [1.807, 2.05) is 31.6 Å². The van der Waals surface area contributed by atoms with E-state index in [1.54, 1.807) is 13.3 Å². The lowest BCUT2D eigenvalue weighted by atomic mass is 10.1. The second-order valence-electron chi connectivity index (χ2n) is 4.66. The monoisotopic (exact) mass is 272 g/mol. The van der Waals surface area contributed by atoms with E-state index < -0.39 is 0 Å². The molecule has 2 aromatic rings. The zero-order valence-corrected chi connectivity index (χ0v) is 12.1. The van der Waals surface area contributed by atoms with E-state index in [4.69, 9.17) is 4.74 Å². The van der Waals surface area contributed by atoms with Crippen molar-refractivity contribution in [3.8, 4) is 5.75 Å². The average molecular weight is 272 g/mol. The van der Waals surface area contributed by atoms with Crippen LogP contribution >= 0.6 is 0 Å². The lowest BCUT2D eigenvalue weighted by Crippen LogP contribution is -2.25. The van der Waals surface area contributed by atoms with Crippen LogP contribution in [0.3, 0.4) is 0 Å². The van der Waals surface area contributed by atoms with Crippen LogP contribution in [0, 0.1) is 6.92 Å². The molecule has 0 fully saturated rings. The van der Waals surface area contributed by atoms with Crippen molar-refractivity contribution < 1.29 is 4.74 Å². The smallest absolute Gasteiger partial charge is 0.149 e. The van der Waals surface area contributed by atoms with Crippen LogP contribution in [0.25, 0.3) is 0 Å². The molecule has 5 heteroatoms. The molecule has 1 atom stereocenters. The maximum atomic E-state index is 5.23. The Balaban J connectivity index is 2.32. The summed E-state index contributed by atoms with van der Waals surface area (Å²) >= 11 is 0. The van der Waals surface area contributed by atoms with Gasteiger partial charge < -0.3 is 10.1 Å². The molecular formula is C15H20N4O. The summed E-state index contributed by atoms with van der Waals surface area (Å²) in [5.74, 6) is 1.48. The van der Waals surface area contributed by atoms with Crippen LogP contribution in [0.5, 0.6) is 5.75 Å². The van der Waals surface area contributed by atoms with Gasteiger partial charge in [-0.25, -0.2) is 9.97 Å². The Labute approximate surface area is 119 Å². The van der Waals surface area contributed by atoms with Gasteiger partial charge in [0.1, 0.15) is 11.6 Å². The quantitative estimate of drug-likeness (QED) is 0.874. The second-order valence-corrected chi connectivity index (χ2v) is 4.66. The molecule has 5 nitrogen and oxygen atoms in total. The Hall–Kier alpha value is -2.01. The average Bonchev–Trinajstić information content (AvgIpc) is 2.49. The summed E-state index contributed by atoms with van der Waals surface area (Å²) < 4.78 is 5.23. The number of pyridine rings is 1. The first-order chi connectivity index (χ1) is 9.74. The van der Waals surface area contributed by atoms with Crippen molar-refractivity contribution in [3.05, 3.63) is 47.8 Å². The predicted molar refractivity (Wildman–Crippen MR) is 77.7 cm³/mol. The standard InChI is InChI=1S/C15H20N4O/c1-4-5-17-14(15-18-7-11(2)8-19-15)12-6-13(20-3)10-16-9-12/h6-10,14,17H,4-5H2,1-3H3. The molecule has 1 N–H and O–H groups in total. The third kappa shape index (κ3) is 3.51. The minimum atomic E-state index is -0.0712. The van der Waals surface area contributed by atoms with Gasteiger partial charge in [0, 0.05) is 18.6 Å². The third-order valence-electron chi connectivity index (χ3n) is 2.96. The van der Waals surface area contributed by atoms with Gasteiger partial charge in [-0.15, -0.1) is 0 Å². The number of aromatic nitrogens is 3. The summed E-state index contributed by atoms with van der Waals surface area (Å²) in [5.41, 5.74) is 2.05. The van der Waals surface area contributed by atoms with Crippen LogP contribution in [0.15, 0.2) is 30.9 Å². The van der Waals surface area contributed by atoms with Crippen LogP contribution in [0.4, 0.5) is 0 Å². The molecule has 0 amide bonds. The van der Waals surface area contributed by atoms with Crippen molar-refractivity contribution in [2.45, 2.75) is 26.3 Å². The summed E-state index contributed by atoms with van der Waals surface area (Å²) in [4.78, 5) is 13.0. The molecule has 1 unspecified atom stereocenters. The first-order valence-electron chi connectivity index (χ1n) is 6.75. The Kier molecular flexibility index (Phi) is 5.01. The molecule has 0 aromatic carbocycles. The van der Waals surface area contributed by atoms with E-state index in [-0.39, 0.29) is 6.04 Å². The van der Waals surface area contributed by atoms with Crippen molar-refractivity contribution in [3.63, 3.8) is 0 Å². The number of nitrogens with zero attached hydrogens (tertiary/aromatic N) is 3. The second kappa shape index (κ2) is 6.96. The SMILES string of the molecule is CCCNC(c1cncc(OC)c1)c1ncc(C)cn1. The molecular weight excluding hydrogens is 252 g/mol. The zero-order valence-electron chi connectivity index (χ0n) is 12.1. The van der Waals surface area contributed by atoms with Crippen LogP contribution in [0.1, 0.15) is 36.3 Å². The summed E-state index contributed by atoms with van der Waals surface area (Å²) in [7, 11) is 1.64. The highest BCUT2D eigenvalue weighted by Crippen LogP contribution is 2.21. The first kappa shape index (κ1) is 14.4. The van der Waals surface area contributed by atoms with Crippen molar-refractivity contribution in [1.29, 1.82) is 0 Å². The summed E-state index contributed by atoms with van der Waals surface area (Å²) in [6.45, 7) is 4.99. The van der Waals surface area contributed by atoms with Gasteiger partial charge in [-0.1, -0.05) is 6.92 Å². The molecule has 0 aliphatic rings. The fraction of sp³-hybridized carbons (Fsp3) is 0.400. The van der Waals surface area contributed by atoms with Crippen molar-refractivity contribution in [2.24, 2.45) is 0 Å². The van der Waals surface area contributed by atoms with E-state index in [1.165, 1.54) is 0 Å². The molecule has 2 aromatic heterocycles. The van der Waals surface area contributed by atoms with E-state index in [0.29, 0.717) is 0 Å². The molecule has 0 aliphatic heterocycles. The van der Waals surface area contributed by atoms with Gasteiger partial charge in [-0.2, -0.15) is 0 Å². The molecule has 0 bridgehead atoms. The Morgan fingerprint density at radius 3 is 2.60 bits per heavy atom. The highest BCUT2D eigenvalue weighted by atomic mass is 16.5. The lowest BCUT2D eigenvalue weighted by molar-refractivity contribution is 0.411. The van der Waals surface area contributed by atoms with Gasteiger partial charge in [0.25, 0.3) is 0 Å². The van der Waals surface area contributed by atoms with E-state index in [2.05, 4.69) is 27.2 Å². The maximum absolute atomic E-state index is 5.23. The molecule has 2 rings (SSSR count). The number of aryl methyl sites for hydroxylation is 1. The lowest BCUT2D eigenvalue weighted by Gasteiger charge is -2.17. The van der Waals surface area contributed by atoms with Crippen LogP contribution in [0.2, 0.25) is 0 Å². The zero-order chi connectivity index (χ0) is 14.4. The van der Waals surface area contributed by atoms with Gasteiger partial charge in [0.15, 0.2) is 0 Å². The van der Waals surface area contributed by atoms with Crippen LogP contribution < -0.4 is 10.1 Å². The molecule has 0 aliphatic carbocycles. The summed E-state index contributed by atoms with van der Waals surface area (Å²) in [6.07, 6.45) is 8.21. The Morgan fingerprint density at radius 1 is 1.20 bits per heavy atom. The maximum Gasteiger partial charge on any atom is 0.149 e. The Bertz CT molecular complexity index is 542. The van der Waals surface area contributed by atoms with Gasteiger partial charge >= 0.3 is 0 Å². The largest absolute Gasteiger partial charge is 0.495 e. The van der Waals surface area contributed by atoms with Gasteiger partial charge in [0.05, 0.1) is 19.3 Å². The van der Waals surface area contributed by atoms with Crippen LogP contribution in [-0.4, -0.2) is 28.6 Å². The molecule has 2 heterocycles. The van der Waals surface area contributed by atoms with Crippen molar-refractivity contribution in [2.75, 3.05) is 13.7 Å². The minimum absolute atomic E-state index is 0.0712. The number of hydrogen-bond donors (Lipinski definition) is 1. The minimum Gasteiger partial charge on any atom is -0.495 e. The molecule has 106 valence electrons. The van der Waals surface area contributed by atoms with Gasteiger partial charge in [-0.3, -0.25) is 4.98 Å². The van der Waals surface area contributed by atoms with Crippen molar-refractivity contribution >= 4 is 0 Å². The molecule has 0 saturated carbocycles. The highest BCUT2D eigenvalue weighted by Gasteiger charge is 2.17. The summed E-state index contributed by atoms with van der Waals surface area (Å²) in [6, 6.07) is 1.89. The predicted octanol–water partition coefficient (Wildman–Crippen LogP) is 2.28. The number of ether oxygens (including phenoxy) is 1. The molecule has 0 saturated heterocycles. The highest BCUT2D eigenvalue weighted by molar-refractivity contribution is 5.29. The van der Waals surface area contributed by atoms with E-state index in [9.17, 15) is 0 Å². The van der Waals surface area contributed by atoms with Gasteiger partial charge in [0.2, 0.25) is 0 Å². The van der Waals surface area contributed by atoms with Crippen LogP contribution in [-0.2, 0) is 0 Å². The fourth-order valence-corrected chi connectivity index (χ4v) is 1.90. The van der Waals surface area contributed by atoms with Gasteiger partial charge in [-0.05, 0) is 37.1 Å². The third-order valence-corrected chi connectivity index (χ3v) is 2.96. The Morgan fingerprint density at radius 2 is 1.95 bits per heavy atom. The molecule has 0 radical (unpaired) electrons. The molecule has 0 spiro atoms. The van der Waals surface area contributed by atoms with Crippen molar-refractivity contribution in [1.82, 2.24) is 20.3 Å². The van der Waals surface area contributed by atoms with E-state index in [0.717, 1.165) is 35.7 Å². The first-order valence-corrected chi connectivity index (χ1v) is 6.75. The summed E-state index contributed by atoms with van der Waals surface area (Å²) in [5, 5.41) is 3.45. The van der Waals surface area contributed by atoms with E-state index >= 15 is 0 Å².